The van der Waals surface area contributed by atoms with Crippen LogP contribution in [0, 0.1) is 0 Å². The Labute approximate surface area is 186 Å². The van der Waals surface area contributed by atoms with Crippen LogP contribution in [0.3, 0.4) is 0 Å². The summed E-state index contributed by atoms with van der Waals surface area (Å²) in [6.07, 6.45) is 0. The molecule has 10 heteroatoms. The molecule has 2 rings (SSSR count). The zero-order valence-electron chi connectivity index (χ0n) is 18.7. The summed E-state index contributed by atoms with van der Waals surface area (Å²) in [4.78, 5) is 37.6. The molecular weight excluding hydrogens is 418 g/mol. The first-order valence-electron chi connectivity index (χ1n) is 9.60. The number of nitrogens with one attached hydrogen (secondary N) is 2. The second-order valence-corrected chi connectivity index (χ2v) is 6.75. The van der Waals surface area contributed by atoms with Gasteiger partial charge in [0.1, 0.15) is 5.75 Å². The molecule has 0 radical (unpaired) electrons. The highest BCUT2D eigenvalue weighted by Crippen LogP contribution is 2.38. The number of carbonyl (C=O) groups is 3. The Morgan fingerprint density at radius 3 is 2.00 bits per heavy atom. The fourth-order valence-electron chi connectivity index (χ4n) is 2.59. The summed E-state index contributed by atoms with van der Waals surface area (Å²) in [5.41, 5.74) is 0.768. The van der Waals surface area contributed by atoms with E-state index >= 15 is 0 Å². The van der Waals surface area contributed by atoms with Crippen LogP contribution < -0.4 is 29.6 Å². The van der Waals surface area contributed by atoms with Crippen LogP contribution in [-0.4, -0.2) is 71.2 Å². The molecule has 2 aromatic carbocycles. The molecular formula is C22H27N3O7. The summed E-state index contributed by atoms with van der Waals surface area (Å²) in [6, 6.07) is 9.52. The van der Waals surface area contributed by atoms with Gasteiger partial charge in [-0.1, -0.05) is 0 Å². The lowest BCUT2D eigenvalue weighted by molar-refractivity contribution is -0.130. The van der Waals surface area contributed by atoms with Gasteiger partial charge in [-0.3, -0.25) is 14.4 Å². The summed E-state index contributed by atoms with van der Waals surface area (Å²) in [5, 5.41) is 5.21. The minimum atomic E-state index is -0.478. The maximum atomic E-state index is 12.5. The molecule has 2 aromatic rings. The quantitative estimate of drug-likeness (QED) is 0.570. The molecule has 0 aliphatic heterocycles. The SMILES string of the molecule is COc1cc(C(=O)NCC(=O)Nc2ccc(OCC(=O)N(C)C)cc2)cc(OC)c1OC. The molecule has 0 bridgehead atoms. The van der Waals surface area contributed by atoms with Crippen LogP contribution in [0.1, 0.15) is 10.4 Å². The van der Waals surface area contributed by atoms with E-state index in [1.807, 2.05) is 0 Å². The Morgan fingerprint density at radius 2 is 1.50 bits per heavy atom. The van der Waals surface area contributed by atoms with E-state index in [1.54, 1.807) is 38.4 Å². The van der Waals surface area contributed by atoms with Gasteiger partial charge >= 0.3 is 0 Å². The van der Waals surface area contributed by atoms with Crippen LogP contribution >= 0.6 is 0 Å². The first-order valence-corrected chi connectivity index (χ1v) is 9.60. The average molecular weight is 445 g/mol. The lowest BCUT2D eigenvalue weighted by atomic mass is 10.1. The van der Waals surface area contributed by atoms with E-state index in [0.717, 1.165) is 0 Å². The van der Waals surface area contributed by atoms with Gasteiger partial charge in [0, 0.05) is 25.3 Å². The molecule has 0 heterocycles. The first-order chi connectivity index (χ1) is 15.3. The van der Waals surface area contributed by atoms with Gasteiger partial charge < -0.3 is 34.5 Å². The molecule has 0 saturated heterocycles. The largest absolute Gasteiger partial charge is 0.493 e. The molecule has 0 aliphatic rings. The Balaban J connectivity index is 1.91. The molecule has 0 atom stereocenters. The topological polar surface area (TPSA) is 115 Å². The summed E-state index contributed by atoms with van der Waals surface area (Å²) in [5.74, 6) is 0.463. The van der Waals surface area contributed by atoms with Gasteiger partial charge in [-0.15, -0.1) is 0 Å². The number of rotatable bonds is 10. The van der Waals surface area contributed by atoms with Gasteiger partial charge in [0.05, 0.1) is 27.9 Å². The lowest BCUT2D eigenvalue weighted by Crippen LogP contribution is -2.32. The van der Waals surface area contributed by atoms with Crippen LogP contribution in [0.2, 0.25) is 0 Å². The summed E-state index contributed by atoms with van der Waals surface area (Å²) >= 11 is 0. The molecule has 2 N–H and O–H groups in total. The number of hydrogen-bond acceptors (Lipinski definition) is 7. The average Bonchev–Trinajstić information content (AvgIpc) is 2.80. The van der Waals surface area contributed by atoms with Crippen molar-refractivity contribution in [2.45, 2.75) is 0 Å². The smallest absolute Gasteiger partial charge is 0.259 e. The maximum Gasteiger partial charge on any atom is 0.259 e. The summed E-state index contributed by atoms with van der Waals surface area (Å²) in [6.45, 7) is -0.323. The van der Waals surface area contributed by atoms with E-state index in [0.29, 0.717) is 28.7 Å². The molecule has 3 amide bonds. The normalized spacial score (nSPS) is 10.0. The highest BCUT2D eigenvalue weighted by atomic mass is 16.5. The van der Waals surface area contributed by atoms with Crippen LogP contribution in [0.5, 0.6) is 23.0 Å². The first kappa shape index (κ1) is 24.3. The van der Waals surface area contributed by atoms with Crippen LogP contribution in [-0.2, 0) is 9.59 Å². The van der Waals surface area contributed by atoms with Crippen LogP contribution in [0.4, 0.5) is 5.69 Å². The second kappa shape index (κ2) is 11.4. The number of methoxy groups -OCH3 is 3. The van der Waals surface area contributed by atoms with Crippen LogP contribution in [0.25, 0.3) is 0 Å². The van der Waals surface area contributed by atoms with Crippen molar-refractivity contribution in [3.8, 4) is 23.0 Å². The Hall–Kier alpha value is -3.95. The number of amides is 3. The molecule has 0 aromatic heterocycles. The number of likely N-dealkylation sites (N-methyl/N-ethyl adjacent to an activating group) is 1. The molecule has 0 aliphatic carbocycles. The molecule has 32 heavy (non-hydrogen) atoms. The molecule has 0 saturated carbocycles. The van der Waals surface area contributed by atoms with Crippen molar-refractivity contribution >= 4 is 23.4 Å². The summed E-state index contributed by atoms with van der Waals surface area (Å²) < 4.78 is 21.1. The number of carbonyl (C=O) groups excluding carboxylic acids is 3. The van der Waals surface area contributed by atoms with Crippen molar-refractivity contribution in [1.82, 2.24) is 10.2 Å². The molecule has 0 spiro atoms. The third-order valence-corrected chi connectivity index (χ3v) is 4.34. The van der Waals surface area contributed by atoms with Crippen molar-refractivity contribution in [3.63, 3.8) is 0 Å². The minimum absolute atomic E-state index is 0.0777. The Kier molecular flexibility index (Phi) is 8.70. The van der Waals surface area contributed by atoms with Crippen molar-refractivity contribution in [2.24, 2.45) is 0 Å². The molecule has 0 unspecified atom stereocenters. The van der Waals surface area contributed by atoms with E-state index in [9.17, 15) is 14.4 Å². The number of benzene rings is 2. The predicted octanol–water partition coefficient (Wildman–Crippen LogP) is 1.55. The van der Waals surface area contributed by atoms with Crippen LogP contribution in [0.15, 0.2) is 36.4 Å². The monoisotopic (exact) mass is 445 g/mol. The molecule has 172 valence electrons. The Bertz CT molecular complexity index is 933. The number of anilines is 1. The fraction of sp³-hybridized carbons (Fsp3) is 0.318. The lowest BCUT2D eigenvalue weighted by Gasteiger charge is -2.14. The number of ether oxygens (including phenoxy) is 4. The van der Waals surface area contributed by atoms with Crippen molar-refractivity contribution in [3.05, 3.63) is 42.0 Å². The minimum Gasteiger partial charge on any atom is -0.493 e. The second-order valence-electron chi connectivity index (χ2n) is 6.75. The molecule has 0 fully saturated rings. The van der Waals surface area contributed by atoms with Gasteiger partial charge in [-0.25, -0.2) is 0 Å². The van der Waals surface area contributed by atoms with Crippen molar-refractivity contribution < 1.29 is 33.3 Å². The van der Waals surface area contributed by atoms with Gasteiger partial charge in [-0.05, 0) is 36.4 Å². The van der Waals surface area contributed by atoms with Gasteiger partial charge in [0.25, 0.3) is 11.8 Å². The van der Waals surface area contributed by atoms with Gasteiger partial charge in [-0.2, -0.15) is 0 Å². The highest BCUT2D eigenvalue weighted by Gasteiger charge is 2.17. The predicted molar refractivity (Wildman–Crippen MR) is 118 cm³/mol. The zero-order chi connectivity index (χ0) is 23.7. The van der Waals surface area contributed by atoms with E-state index in [1.165, 1.54) is 38.4 Å². The third kappa shape index (κ3) is 6.53. The van der Waals surface area contributed by atoms with E-state index in [2.05, 4.69) is 10.6 Å². The van der Waals surface area contributed by atoms with Crippen molar-refractivity contribution in [1.29, 1.82) is 0 Å². The van der Waals surface area contributed by atoms with E-state index < -0.39 is 11.8 Å². The maximum absolute atomic E-state index is 12.5. The van der Waals surface area contributed by atoms with Gasteiger partial charge in [0.2, 0.25) is 11.7 Å². The van der Waals surface area contributed by atoms with E-state index in [-0.39, 0.29) is 24.6 Å². The van der Waals surface area contributed by atoms with E-state index in [4.69, 9.17) is 18.9 Å². The molecule has 10 nitrogen and oxygen atoms in total. The zero-order valence-corrected chi connectivity index (χ0v) is 18.7. The highest BCUT2D eigenvalue weighted by molar-refractivity contribution is 6.00. The standard InChI is InChI=1S/C22H27N3O7/c1-25(2)20(27)13-32-16-8-6-15(7-9-16)24-19(26)12-23-22(28)14-10-17(29-3)21(31-5)18(11-14)30-4/h6-11H,12-13H2,1-5H3,(H,23,28)(H,24,26). The number of nitrogens with zero attached hydrogens (tertiary/aromatic N) is 1. The van der Waals surface area contributed by atoms with Gasteiger partial charge in [0.15, 0.2) is 18.1 Å². The van der Waals surface area contributed by atoms with Crippen molar-refractivity contribution in [2.75, 3.05) is 53.9 Å². The summed E-state index contributed by atoms with van der Waals surface area (Å²) in [7, 11) is 7.65. The number of hydrogen-bond donors (Lipinski definition) is 2. The Morgan fingerprint density at radius 1 is 0.906 bits per heavy atom. The fourth-order valence-corrected chi connectivity index (χ4v) is 2.59. The third-order valence-electron chi connectivity index (χ3n) is 4.34.